The van der Waals surface area contributed by atoms with Crippen LogP contribution in [0.15, 0.2) is 42.9 Å². The molecule has 0 aromatic carbocycles. The molecule has 0 bridgehead atoms. The Morgan fingerprint density at radius 3 is 2.73 bits per heavy atom. The number of aromatic nitrogens is 2. The molecule has 6 nitrogen and oxygen atoms in total. The Morgan fingerprint density at radius 1 is 1.23 bits per heavy atom. The summed E-state index contributed by atoms with van der Waals surface area (Å²) in [6, 6.07) is 7.42. The van der Waals surface area contributed by atoms with Crippen molar-refractivity contribution in [1.82, 2.24) is 15.3 Å². The highest BCUT2D eigenvalue weighted by molar-refractivity contribution is 7.80. The molecule has 0 spiro atoms. The van der Waals surface area contributed by atoms with E-state index >= 15 is 0 Å². The summed E-state index contributed by atoms with van der Waals surface area (Å²) in [5.41, 5.74) is 0.837. The maximum absolute atomic E-state index is 12.2. The van der Waals surface area contributed by atoms with Gasteiger partial charge in [0.15, 0.2) is 5.11 Å². The number of nitrogens with one attached hydrogen (secondary N) is 2. The van der Waals surface area contributed by atoms with E-state index in [-0.39, 0.29) is 19.1 Å². The number of hydrogen-bond donors (Lipinski definition) is 2. The molecule has 30 heavy (non-hydrogen) atoms. The number of anilines is 2. The highest BCUT2D eigenvalue weighted by atomic mass is 32.1. The lowest BCUT2D eigenvalue weighted by Gasteiger charge is -2.33. The van der Waals surface area contributed by atoms with Crippen molar-refractivity contribution < 1.29 is 17.9 Å². The van der Waals surface area contributed by atoms with Crippen LogP contribution < -0.4 is 20.3 Å². The summed E-state index contributed by atoms with van der Waals surface area (Å²) < 4.78 is 42.1. The van der Waals surface area contributed by atoms with E-state index in [1.807, 2.05) is 12.1 Å². The maximum atomic E-state index is 12.2. The Morgan fingerprint density at radius 2 is 2.03 bits per heavy atom. The predicted molar refractivity (Wildman–Crippen MR) is 114 cm³/mol. The summed E-state index contributed by atoms with van der Waals surface area (Å²) in [6.07, 6.45) is 1.73. The lowest BCUT2D eigenvalue weighted by atomic mass is 10.1. The molecular formula is C20H24F3N5OS. The average molecular weight is 440 g/mol. The van der Waals surface area contributed by atoms with Gasteiger partial charge in [-0.3, -0.25) is 4.98 Å². The third-order valence-corrected chi connectivity index (χ3v) is 4.88. The number of thiocarbonyl (C=S) groups is 1. The summed E-state index contributed by atoms with van der Waals surface area (Å²) >= 11 is 5.37. The van der Waals surface area contributed by atoms with Gasteiger partial charge >= 0.3 is 6.18 Å². The summed E-state index contributed by atoms with van der Waals surface area (Å²) in [4.78, 5) is 10.6. The van der Waals surface area contributed by atoms with Gasteiger partial charge in [-0.2, -0.15) is 13.2 Å². The first-order valence-corrected chi connectivity index (χ1v) is 10.2. The molecule has 3 heterocycles. The maximum Gasteiger partial charge on any atom is 0.389 e. The van der Waals surface area contributed by atoms with Gasteiger partial charge in [0.2, 0.25) is 0 Å². The zero-order valence-electron chi connectivity index (χ0n) is 16.4. The minimum atomic E-state index is -4.15. The summed E-state index contributed by atoms with van der Waals surface area (Å²) in [5, 5.41) is 7.01. The molecule has 3 rings (SSSR count). The Balaban J connectivity index is 1.42. The number of alkyl halides is 3. The quantitative estimate of drug-likeness (QED) is 0.496. The van der Waals surface area contributed by atoms with Gasteiger partial charge in [-0.05, 0) is 49.7 Å². The van der Waals surface area contributed by atoms with Crippen LogP contribution in [0.3, 0.4) is 0 Å². The van der Waals surface area contributed by atoms with Crippen LogP contribution in [0.2, 0.25) is 0 Å². The van der Waals surface area contributed by atoms with E-state index in [2.05, 4.69) is 25.5 Å². The molecule has 0 atom stereocenters. The lowest BCUT2D eigenvalue weighted by molar-refractivity contribution is -0.136. The van der Waals surface area contributed by atoms with Crippen molar-refractivity contribution in [3.63, 3.8) is 0 Å². The van der Waals surface area contributed by atoms with E-state index in [0.29, 0.717) is 10.9 Å². The van der Waals surface area contributed by atoms with Gasteiger partial charge in [-0.1, -0.05) is 0 Å². The minimum absolute atomic E-state index is 0.0241. The fourth-order valence-electron chi connectivity index (χ4n) is 3.17. The first-order valence-electron chi connectivity index (χ1n) is 9.77. The number of rotatable bonds is 7. The molecule has 1 aliphatic rings. The monoisotopic (exact) mass is 439 g/mol. The molecule has 2 aromatic rings. The Kier molecular flexibility index (Phi) is 7.67. The van der Waals surface area contributed by atoms with Crippen LogP contribution in [0.4, 0.5) is 24.7 Å². The van der Waals surface area contributed by atoms with Crippen molar-refractivity contribution in [1.29, 1.82) is 0 Å². The first-order chi connectivity index (χ1) is 14.4. The normalized spacial score (nSPS) is 15.0. The van der Waals surface area contributed by atoms with Crippen LogP contribution in [0.5, 0.6) is 5.75 Å². The van der Waals surface area contributed by atoms with E-state index in [9.17, 15) is 13.2 Å². The number of pyridine rings is 2. The van der Waals surface area contributed by atoms with Crippen molar-refractivity contribution in [2.24, 2.45) is 0 Å². The third-order valence-electron chi connectivity index (χ3n) is 4.66. The second-order valence-corrected chi connectivity index (χ2v) is 7.43. The Labute approximate surface area is 178 Å². The van der Waals surface area contributed by atoms with E-state index in [4.69, 9.17) is 17.0 Å². The molecule has 0 unspecified atom stereocenters. The largest absolute Gasteiger partial charge is 0.493 e. The average Bonchev–Trinajstić information content (AvgIpc) is 2.72. The predicted octanol–water partition coefficient (Wildman–Crippen LogP) is 4.15. The van der Waals surface area contributed by atoms with E-state index in [1.54, 1.807) is 30.7 Å². The number of nitrogens with zero attached hydrogens (tertiary/aromatic N) is 3. The molecule has 1 aliphatic heterocycles. The molecule has 0 saturated carbocycles. The standard InChI is InChI=1S/C20H24F3N5OS/c21-20(22,23)7-2-12-29-17-4-9-25-18(13-17)28-10-5-15(6-11-28)26-19(30)27-16-3-1-8-24-14-16/h1,3-4,8-9,13-15H,2,5-7,10-12H2,(H2,26,27,30). The summed E-state index contributed by atoms with van der Waals surface area (Å²) in [6.45, 7) is 1.60. The summed E-state index contributed by atoms with van der Waals surface area (Å²) in [5.74, 6) is 1.29. The second kappa shape index (κ2) is 10.4. The van der Waals surface area contributed by atoms with Crippen LogP contribution in [-0.4, -0.2) is 47.0 Å². The third kappa shape index (κ3) is 7.33. The highest BCUT2D eigenvalue weighted by Crippen LogP contribution is 2.24. The van der Waals surface area contributed by atoms with Crippen LogP contribution in [-0.2, 0) is 0 Å². The Bertz CT molecular complexity index is 814. The molecule has 1 saturated heterocycles. The highest BCUT2D eigenvalue weighted by Gasteiger charge is 2.26. The van der Waals surface area contributed by atoms with Crippen LogP contribution >= 0.6 is 12.2 Å². The number of piperidine rings is 1. The molecular weight excluding hydrogens is 415 g/mol. The molecule has 0 radical (unpaired) electrons. The number of halogens is 3. The van der Waals surface area contributed by atoms with Gasteiger partial charge in [0, 0.05) is 44.0 Å². The van der Waals surface area contributed by atoms with Crippen molar-refractivity contribution >= 4 is 28.8 Å². The Hall–Kier alpha value is -2.62. The van der Waals surface area contributed by atoms with Gasteiger partial charge in [0.05, 0.1) is 18.5 Å². The molecule has 1 fully saturated rings. The minimum Gasteiger partial charge on any atom is -0.493 e. The molecule has 0 amide bonds. The number of hydrogen-bond acceptors (Lipinski definition) is 5. The van der Waals surface area contributed by atoms with Crippen molar-refractivity contribution in [2.45, 2.75) is 37.9 Å². The van der Waals surface area contributed by atoms with Crippen LogP contribution in [0.25, 0.3) is 0 Å². The van der Waals surface area contributed by atoms with Gasteiger partial charge in [-0.25, -0.2) is 4.98 Å². The summed E-state index contributed by atoms with van der Waals surface area (Å²) in [7, 11) is 0. The van der Waals surface area contributed by atoms with Crippen LogP contribution in [0, 0.1) is 0 Å². The molecule has 162 valence electrons. The second-order valence-electron chi connectivity index (χ2n) is 7.02. The van der Waals surface area contributed by atoms with Crippen molar-refractivity contribution in [3.05, 3.63) is 42.9 Å². The first kappa shape index (κ1) is 22.1. The lowest BCUT2D eigenvalue weighted by Crippen LogP contribution is -2.46. The fraction of sp³-hybridized carbons (Fsp3) is 0.450. The van der Waals surface area contributed by atoms with Crippen molar-refractivity contribution in [3.8, 4) is 5.75 Å². The van der Waals surface area contributed by atoms with Crippen molar-refractivity contribution in [2.75, 3.05) is 29.9 Å². The van der Waals surface area contributed by atoms with E-state index < -0.39 is 12.6 Å². The van der Waals surface area contributed by atoms with Gasteiger partial charge in [0.25, 0.3) is 0 Å². The van der Waals surface area contributed by atoms with Gasteiger partial charge in [-0.15, -0.1) is 0 Å². The number of ether oxygens (including phenoxy) is 1. The zero-order valence-corrected chi connectivity index (χ0v) is 17.2. The molecule has 2 N–H and O–H groups in total. The molecule has 0 aliphatic carbocycles. The topological polar surface area (TPSA) is 62.3 Å². The van der Waals surface area contributed by atoms with Crippen LogP contribution in [0.1, 0.15) is 25.7 Å². The van der Waals surface area contributed by atoms with E-state index in [1.165, 1.54) is 0 Å². The zero-order chi connectivity index (χ0) is 21.4. The van der Waals surface area contributed by atoms with E-state index in [0.717, 1.165) is 37.4 Å². The van der Waals surface area contributed by atoms with Gasteiger partial charge in [0.1, 0.15) is 11.6 Å². The van der Waals surface area contributed by atoms with Gasteiger partial charge < -0.3 is 20.3 Å². The smallest absolute Gasteiger partial charge is 0.389 e. The fourth-order valence-corrected chi connectivity index (χ4v) is 3.45. The molecule has 10 heteroatoms. The SMILES string of the molecule is FC(F)(F)CCCOc1ccnc(N2CCC(NC(=S)Nc3cccnc3)CC2)c1. The molecule has 2 aromatic heterocycles.